The third-order valence-corrected chi connectivity index (χ3v) is 4.89. The molecule has 1 aromatic rings. The lowest BCUT2D eigenvalue weighted by atomic mass is 9.71. The lowest BCUT2D eigenvalue weighted by Gasteiger charge is -2.31. The van der Waals surface area contributed by atoms with E-state index in [0.29, 0.717) is 28.0 Å². The van der Waals surface area contributed by atoms with Crippen molar-refractivity contribution in [2.45, 2.75) is 47.6 Å². The van der Waals surface area contributed by atoms with Crippen LogP contribution >= 0.6 is 0 Å². The molecule has 0 atom stereocenters. The summed E-state index contributed by atoms with van der Waals surface area (Å²) in [6.45, 7) is 8.52. The zero-order valence-corrected chi connectivity index (χ0v) is 15.9. The van der Waals surface area contributed by atoms with Gasteiger partial charge in [0.05, 0.1) is 6.61 Å². The maximum absolute atomic E-state index is 12.7. The Hall–Kier alpha value is -2.53. The number of Topliss-reactive ketones (excluding diaryl/α,β-unsaturated/α-hetero) is 2. The smallest absolute Gasteiger partial charge is 0.225 e. The molecular formula is C21H25NO4. The van der Waals surface area contributed by atoms with Crippen molar-refractivity contribution in [2.75, 3.05) is 5.32 Å². The van der Waals surface area contributed by atoms with Gasteiger partial charge in [-0.05, 0) is 38.5 Å². The number of rotatable bonds is 5. The zero-order chi connectivity index (χ0) is 19.6. The third-order valence-electron chi connectivity index (χ3n) is 4.89. The fraction of sp³-hybridized carbons (Fsp3) is 0.381. The molecule has 0 aromatic heterocycles. The fourth-order valence-corrected chi connectivity index (χ4v) is 3.30. The van der Waals surface area contributed by atoms with Gasteiger partial charge in [0.15, 0.2) is 11.6 Å². The fourth-order valence-electron chi connectivity index (χ4n) is 3.30. The van der Waals surface area contributed by atoms with Gasteiger partial charge in [-0.2, -0.15) is 0 Å². The van der Waals surface area contributed by atoms with E-state index in [1.54, 1.807) is 58.9 Å². The van der Waals surface area contributed by atoms with Crippen molar-refractivity contribution in [3.8, 4) is 0 Å². The number of ketones is 2. The summed E-state index contributed by atoms with van der Waals surface area (Å²) < 4.78 is 0. The summed E-state index contributed by atoms with van der Waals surface area (Å²) in [6, 6.07) is 6.89. The number of carbonyl (C=O) groups is 3. The standard InChI is InChI=1S/C21H25NO4/c1-12-13(2)20(26)18(14(3)19(12)25)21(4,5)10-17(24)22-16-8-6-15(11-23)7-9-16/h6-9,23H,10-11H2,1-5H3,(H,22,24). The van der Waals surface area contributed by atoms with Crippen LogP contribution in [0.1, 0.15) is 46.6 Å². The molecule has 0 spiro atoms. The first-order valence-electron chi connectivity index (χ1n) is 8.56. The second-order valence-electron chi connectivity index (χ2n) is 7.37. The Bertz CT molecular complexity index is 826. The number of benzene rings is 1. The van der Waals surface area contributed by atoms with Crippen molar-refractivity contribution in [3.05, 3.63) is 52.1 Å². The summed E-state index contributed by atoms with van der Waals surface area (Å²) in [4.78, 5) is 37.6. The molecule has 0 unspecified atom stereocenters. The molecule has 0 saturated heterocycles. The molecule has 0 heterocycles. The van der Waals surface area contributed by atoms with Gasteiger partial charge in [-0.15, -0.1) is 0 Å². The number of nitrogens with one attached hydrogen (secondary N) is 1. The molecule has 2 rings (SSSR count). The van der Waals surface area contributed by atoms with Crippen LogP contribution in [0.4, 0.5) is 5.69 Å². The molecule has 0 saturated carbocycles. The third kappa shape index (κ3) is 3.83. The van der Waals surface area contributed by atoms with Crippen LogP contribution in [0.3, 0.4) is 0 Å². The van der Waals surface area contributed by atoms with E-state index >= 15 is 0 Å². The van der Waals surface area contributed by atoms with Crippen LogP contribution in [-0.4, -0.2) is 22.6 Å². The molecule has 0 bridgehead atoms. The van der Waals surface area contributed by atoms with E-state index in [4.69, 9.17) is 5.11 Å². The zero-order valence-electron chi connectivity index (χ0n) is 15.9. The van der Waals surface area contributed by atoms with Gasteiger partial charge in [-0.3, -0.25) is 14.4 Å². The quantitative estimate of drug-likeness (QED) is 0.794. The maximum atomic E-state index is 12.7. The largest absolute Gasteiger partial charge is 0.392 e. The predicted octanol–water partition coefficient (Wildman–Crippen LogP) is 3.34. The molecule has 1 amide bonds. The normalized spacial score (nSPS) is 15.6. The Morgan fingerprint density at radius 3 is 2.04 bits per heavy atom. The monoisotopic (exact) mass is 355 g/mol. The Morgan fingerprint density at radius 2 is 1.50 bits per heavy atom. The number of allylic oxidation sites excluding steroid dienone is 4. The van der Waals surface area contributed by atoms with Crippen molar-refractivity contribution >= 4 is 23.2 Å². The Balaban J connectivity index is 2.20. The van der Waals surface area contributed by atoms with Crippen LogP contribution in [0, 0.1) is 5.41 Å². The summed E-state index contributed by atoms with van der Waals surface area (Å²) in [5, 5.41) is 11.9. The minimum absolute atomic E-state index is 0.0584. The minimum Gasteiger partial charge on any atom is -0.392 e. The summed E-state index contributed by atoms with van der Waals surface area (Å²) >= 11 is 0. The van der Waals surface area contributed by atoms with Crippen LogP contribution in [0.5, 0.6) is 0 Å². The molecule has 26 heavy (non-hydrogen) atoms. The van der Waals surface area contributed by atoms with E-state index < -0.39 is 5.41 Å². The molecule has 0 radical (unpaired) electrons. The van der Waals surface area contributed by atoms with Gasteiger partial charge in [-0.25, -0.2) is 0 Å². The van der Waals surface area contributed by atoms with Gasteiger partial charge in [0.25, 0.3) is 0 Å². The van der Waals surface area contributed by atoms with Crippen LogP contribution in [-0.2, 0) is 21.0 Å². The second kappa shape index (κ2) is 7.38. The van der Waals surface area contributed by atoms with Crippen molar-refractivity contribution in [1.29, 1.82) is 0 Å². The van der Waals surface area contributed by atoms with Gasteiger partial charge in [0, 0.05) is 39.8 Å². The predicted molar refractivity (Wildman–Crippen MR) is 100 cm³/mol. The van der Waals surface area contributed by atoms with Crippen molar-refractivity contribution < 1.29 is 19.5 Å². The highest BCUT2D eigenvalue weighted by molar-refractivity contribution is 6.25. The average molecular weight is 355 g/mol. The number of anilines is 1. The highest BCUT2D eigenvalue weighted by atomic mass is 16.3. The van der Waals surface area contributed by atoms with E-state index in [-0.39, 0.29) is 30.5 Å². The van der Waals surface area contributed by atoms with E-state index in [9.17, 15) is 14.4 Å². The van der Waals surface area contributed by atoms with Crippen LogP contribution in [0.25, 0.3) is 0 Å². The average Bonchev–Trinajstić information content (AvgIpc) is 2.58. The number of carbonyl (C=O) groups excluding carboxylic acids is 3. The van der Waals surface area contributed by atoms with Gasteiger partial charge >= 0.3 is 0 Å². The molecule has 1 aromatic carbocycles. The van der Waals surface area contributed by atoms with Crippen molar-refractivity contribution in [1.82, 2.24) is 0 Å². The first-order chi connectivity index (χ1) is 12.1. The maximum Gasteiger partial charge on any atom is 0.225 e. The summed E-state index contributed by atoms with van der Waals surface area (Å²) in [7, 11) is 0. The molecule has 0 fully saturated rings. The van der Waals surface area contributed by atoms with E-state index in [1.165, 1.54) is 0 Å². The second-order valence-corrected chi connectivity index (χ2v) is 7.37. The number of amides is 1. The van der Waals surface area contributed by atoms with Crippen LogP contribution < -0.4 is 5.32 Å². The first-order valence-corrected chi connectivity index (χ1v) is 8.56. The van der Waals surface area contributed by atoms with Gasteiger partial charge in [0.1, 0.15) is 0 Å². The van der Waals surface area contributed by atoms with E-state index in [2.05, 4.69) is 5.32 Å². The van der Waals surface area contributed by atoms with Crippen LogP contribution in [0.15, 0.2) is 46.6 Å². The molecule has 138 valence electrons. The molecule has 1 aliphatic rings. The minimum atomic E-state index is -0.770. The molecule has 5 nitrogen and oxygen atoms in total. The van der Waals surface area contributed by atoms with Crippen molar-refractivity contribution in [2.24, 2.45) is 5.41 Å². The molecule has 1 aliphatic carbocycles. The molecule has 2 N–H and O–H groups in total. The van der Waals surface area contributed by atoms with Crippen molar-refractivity contribution in [3.63, 3.8) is 0 Å². The Labute approximate surface area is 153 Å². The van der Waals surface area contributed by atoms with Crippen LogP contribution in [0.2, 0.25) is 0 Å². The SMILES string of the molecule is CC1=C(C)C(=O)C(C(C)(C)CC(=O)Nc2ccc(CO)cc2)=C(C)C1=O. The first kappa shape index (κ1) is 19.8. The highest BCUT2D eigenvalue weighted by Crippen LogP contribution is 2.38. The lowest BCUT2D eigenvalue weighted by molar-refractivity contribution is -0.119. The van der Waals surface area contributed by atoms with Gasteiger partial charge in [-0.1, -0.05) is 26.0 Å². The topological polar surface area (TPSA) is 83.5 Å². The number of hydrogen-bond donors (Lipinski definition) is 2. The number of hydrogen-bond acceptors (Lipinski definition) is 4. The molecule has 5 heteroatoms. The lowest BCUT2D eigenvalue weighted by Crippen LogP contribution is -2.33. The number of aliphatic hydroxyl groups excluding tert-OH is 1. The summed E-state index contributed by atoms with van der Waals surface area (Å²) in [5.41, 5.74) is 2.36. The highest BCUT2D eigenvalue weighted by Gasteiger charge is 2.38. The summed E-state index contributed by atoms with van der Waals surface area (Å²) in [5.74, 6) is -0.536. The van der Waals surface area contributed by atoms with E-state index in [0.717, 1.165) is 5.56 Å². The van der Waals surface area contributed by atoms with Gasteiger partial charge in [0.2, 0.25) is 5.91 Å². The van der Waals surface area contributed by atoms with Gasteiger partial charge < -0.3 is 10.4 Å². The van der Waals surface area contributed by atoms with E-state index in [1.807, 2.05) is 0 Å². The molecular weight excluding hydrogens is 330 g/mol. The number of aliphatic hydroxyl groups is 1. The molecule has 0 aliphatic heterocycles. The Morgan fingerprint density at radius 1 is 0.962 bits per heavy atom. The summed E-state index contributed by atoms with van der Waals surface area (Å²) in [6.07, 6.45) is 0.0762. The Kier molecular flexibility index (Phi) is 5.62.